The topological polar surface area (TPSA) is 21.3 Å². The van der Waals surface area contributed by atoms with Crippen LogP contribution in [0.15, 0.2) is 42.5 Å². The van der Waals surface area contributed by atoms with E-state index in [0.717, 1.165) is 26.0 Å². The van der Waals surface area contributed by atoms with Gasteiger partial charge in [0.05, 0.1) is 12.1 Å². The van der Waals surface area contributed by atoms with Crippen molar-refractivity contribution in [2.75, 3.05) is 13.2 Å². The summed E-state index contributed by atoms with van der Waals surface area (Å²) in [5.41, 5.74) is 1.36. The largest absolute Gasteiger partial charge is 0.376 e. The molecule has 2 aromatic carbocycles. The number of hydrogen-bond acceptors (Lipinski definition) is 2. The van der Waals surface area contributed by atoms with Gasteiger partial charge in [0.1, 0.15) is 0 Å². The Morgan fingerprint density at radius 2 is 2.00 bits per heavy atom. The highest BCUT2D eigenvalue weighted by Crippen LogP contribution is 2.28. The normalized spacial score (nSPS) is 20.5. The number of ether oxygens (including phenoxy) is 1. The van der Waals surface area contributed by atoms with Crippen LogP contribution >= 0.6 is 0 Å². The van der Waals surface area contributed by atoms with Gasteiger partial charge in [0.15, 0.2) is 0 Å². The standard InChI is InChI=1S/C19H25NO/c1-2-12-20-19(18-9-5-6-13-21-18)17-11-10-15-7-3-4-8-16(15)14-17/h3-4,7-8,10-11,14,18-20H,2,5-6,9,12-13H2,1H3. The summed E-state index contributed by atoms with van der Waals surface area (Å²) in [5, 5.41) is 6.31. The zero-order valence-electron chi connectivity index (χ0n) is 12.8. The van der Waals surface area contributed by atoms with Crippen molar-refractivity contribution in [2.45, 2.75) is 44.8 Å². The van der Waals surface area contributed by atoms with E-state index < -0.39 is 0 Å². The maximum absolute atomic E-state index is 6.04. The van der Waals surface area contributed by atoms with E-state index in [1.807, 2.05) is 0 Å². The molecule has 2 aromatic rings. The minimum Gasteiger partial charge on any atom is -0.376 e. The Labute approximate surface area is 127 Å². The van der Waals surface area contributed by atoms with Crippen LogP contribution in [-0.4, -0.2) is 19.3 Å². The Kier molecular flexibility index (Phi) is 4.89. The lowest BCUT2D eigenvalue weighted by Gasteiger charge is -2.31. The second kappa shape index (κ2) is 7.06. The number of nitrogens with one attached hydrogen (secondary N) is 1. The van der Waals surface area contributed by atoms with Gasteiger partial charge >= 0.3 is 0 Å². The molecule has 0 radical (unpaired) electrons. The highest BCUT2D eigenvalue weighted by atomic mass is 16.5. The summed E-state index contributed by atoms with van der Waals surface area (Å²) in [4.78, 5) is 0. The van der Waals surface area contributed by atoms with E-state index in [9.17, 15) is 0 Å². The van der Waals surface area contributed by atoms with Gasteiger partial charge in [-0.05, 0) is 54.6 Å². The predicted octanol–water partition coefficient (Wildman–Crippen LogP) is 4.45. The molecule has 112 valence electrons. The molecule has 2 heteroatoms. The van der Waals surface area contributed by atoms with Crippen LogP contribution in [0.4, 0.5) is 0 Å². The molecule has 1 saturated heterocycles. The van der Waals surface area contributed by atoms with Crippen LogP contribution in [0.1, 0.15) is 44.2 Å². The molecule has 1 heterocycles. The molecule has 1 N–H and O–H groups in total. The minimum atomic E-state index is 0.312. The van der Waals surface area contributed by atoms with Crippen molar-refractivity contribution in [3.05, 3.63) is 48.0 Å². The summed E-state index contributed by atoms with van der Waals surface area (Å²) in [6.07, 6.45) is 5.11. The summed E-state index contributed by atoms with van der Waals surface area (Å²) in [7, 11) is 0. The highest BCUT2D eigenvalue weighted by molar-refractivity contribution is 5.83. The lowest BCUT2D eigenvalue weighted by molar-refractivity contribution is -0.00812. The first-order valence-electron chi connectivity index (χ1n) is 8.22. The second-order valence-electron chi connectivity index (χ2n) is 5.94. The summed E-state index contributed by atoms with van der Waals surface area (Å²) in [6, 6.07) is 15.7. The molecule has 0 aliphatic carbocycles. The van der Waals surface area contributed by atoms with Gasteiger partial charge in [-0.2, -0.15) is 0 Å². The summed E-state index contributed by atoms with van der Waals surface area (Å²) < 4.78 is 6.04. The van der Waals surface area contributed by atoms with Crippen molar-refractivity contribution < 1.29 is 4.74 Å². The molecule has 0 amide bonds. The third kappa shape index (κ3) is 3.45. The molecule has 21 heavy (non-hydrogen) atoms. The summed E-state index contributed by atoms with van der Waals surface area (Å²) in [6.45, 7) is 4.16. The van der Waals surface area contributed by atoms with E-state index >= 15 is 0 Å². The van der Waals surface area contributed by atoms with Gasteiger partial charge in [-0.1, -0.05) is 43.3 Å². The summed E-state index contributed by atoms with van der Waals surface area (Å²) in [5.74, 6) is 0. The molecule has 1 aliphatic rings. The van der Waals surface area contributed by atoms with Crippen molar-refractivity contribution in [1.82, 2.24) is 5.32 Å². The number of benzene rings is 2. The van der Waals surface area contributed by atoms with Crippen molar-refractivity contribution >= 4 is 10.8 Å². The quantitative estimate of drug-likeness (QED) is 0.875. The number of rotatable bonds is 5. The van der Waals surface area contributed by atoms with E-state index in [-0.39, 0.29) is 0 Å². The van der Waals surface area contributed by atoms with Gasteiger partial charge in [0.2, 0.25) is 0 Å². The zero-order valence-corrected chi connectivity index (χ0v) is 12.8. The van der Waals surface area contributed by atoms with Gasteiger partial charge in [0, 0.05) is 6.61 Å². The van der Waals surface area contributed by atoms with Gasteiger partial charge < -0.3 is 10.1 Å². The van der Waals surface area contributed by atoms with Gasteiger partial charge in [0.25, 0.3) is 0 Å². The first-order valence-corrected chi connectivity index (χ1v) is 8.22. The Morgan fingerprint density at radius 3 is 2.76 bits per heavy atom. The van der Waals surface area contributed by atoms with E-state index in [4.69, 9.17) is 4.74 Å². The lowest BCUT2D eigenvalue weighted by Crippen LogP contribution is -2.36. The van der Waals surface area contributed by atoms with Crippen LogP contribution in [0, 0.1) is 0 Å². The third-order valence-corrected chi connectivity index (χ3v) is 4.33. The molecule has 1 fully saturated rings. The van der Waals surface area contributed by atoms with E-state index in [0.29, 0.717) is 12.1 Å². The zero-order chi connectivity index (χ0) is 14.5. The monoisotopic (exact) mass is 283 g/mol. The molecular formula is C19H25NO. The molecule has 2 unspecified atom stereocenters. The van der Waals surface area contributed by atoms with Crippen LogP contribution < -0.4 is 5.32 Å². The number of fused-ring (bicyclic) bond motifs is 1. The van der Waals surface area contributed by atoms with Crippen LogP contribution in [0.2, 0.25) is 0 Å². The molecule has 3 rings (SSSR count). The molecule has 0 bridgehead atoms. The fourth-order valence-corrected chi connectivity index (χ4v) is 3.19. The first-order chi connectivity index (χ1) is 10.4. The molecule has 1 aliphatic heterocycles. The SMILES string of the molecule is CCCNC(c1ccc2ccccc2c1)C1CCCCO1. The van der Waals surface area contributed by atoms with Crippen molar-refractivity contribution in [1.29, 1.82) is 0 Å². The van der Waals surface area contributed by atoms with Crippen LogP contribution in [0.5, 0.6) is 0 Å². The van der Waals surface area contributed by atoms with Crippen LogP contribution in [0.3, 0.4) is 0 Å². The maximum Gasteiger partial charge on any atom is 0.0769 e. The van der Waals surface area contributed by atoms with Gasteiger partial charge in [-0.15, -0.1) is 0 Å². The Balaban J connectivity index is 1.88. The average molecular weight is 283 g/mol. The Hall–Kier alpha value is -1.38. The van der Waals surface area contributed by atoms with E-state index in [1.165, 1.54) is 29.2 Å². The van der Waals surface area contributed by atoms with E-state index in [2.05, 4.69) is 54.7 Å². The molecule has 0 aromatic heterocycles. The fraction of sp³-hybridized carbons (Fsp3) is 0.474. The Bertz CT molecular complexity index is 575. The fourth-order valence-electron chi connectivity index (χ4n) is 3.19. The summed E-state index contributed by atoms with van der Waals surface area (Å²) >= 11 is 0. The molecule has 0 saturated carbocycles. The second-order valence-corrected chi connectivity index (χ2v) is 5.94. The average Bonchev–Trinajstić information content (AvgIpc) is 2.56. The van der Waals surface area contributed by atoms with Gasteiger partial charge in [-0.3, -0.25) is 0 Å². The third-order valence-electron chi connectivity index (χ3n) is 4.33. The smallest absolute Gasteiger partial charge is 0.0769 e. The van der Waals surface area contributed by atoms with Gasteiger partial charge in [-0.25, -0.2) is 0 Å². The van der Waals surface area contributed by atoms with Crippen LogP contribution in [-0.2, 0) is 4.74 Å². The molecular weight excluding hydrogens is 258 g/mol. The van der Waals surface area contributed by atoms with Crippen molar-refractivity contribution in [3.63, 3.8) is 0 Å². The van der Waals surface area contributed by atoms with E-state index in [1.54, 1.807) is 0 Å². The maximum atomic E-state index is 6.04. The molecule has 0 spiro atoms. The van der Waals surface area contributed by atoms with Crippen molar-refractivity contribution in [2.24, 2.45) is 0 Å². The van der Waals surface area contributed by atoms with Crippen molar-refractivity contribution in [3.8, 4) is 0 Å². The Morgan fingerprint density at radius 1 is 1.14 bits per heavy atom. The number of hydrogen-bond donors (Lipinski definition) is 1. The highest BCUT2D eigenvalue weighted by Gasteiger charge is 2.25. The van der Waals surface area contributed by atoms with Crippen LogP contribution in [0.25, 0.3) is 10.8 Å². The first kappa shape index (κ1) is 14.6. The predicted molar refractivity (Wildman–Crippen MR) is 88.6 cm³/mol. The molecule has 2 atom stereocenters. The molecule has 2 nitrogen and oxygen atoms in total. The lowest BCUT2D eigenvalue weighted by atomic mass is 9.94. The minimum absolute atomic E-state index is 0.312.